The molecule has 6 heteroatoms. The van der Waals surface area contributed by atoms with Crippen LogP contribution in [0.4, 0.5) is 0 Å². The minimum atomic E-state index is -0.161. The lowest BCUT2D eigenvalue weighted by atomic mass is 10.2. The third-order valence-electron chi connectivity index (χ3n) is 4.50. The van der Waals surface area contributed by atoms with Crippen LogP contribution in [-0.4, -0.2) is 59.5 Å². The third-order valence-corrected chi connectivity index (χ3v) is 5.30. The quantitative estimate of drug-likeness (QED) is 0.847. The van der Waals surface area contributed by atoms with E-state index in [9.17, 15) is 4.79 Å². The Morgan fingerprint density at radius 3 is 2.62 bits per heavy atom. The molecule has 1 aliphatic heterocycles. The third kappa shape index (κ3) is 4.20. The van der Waals surface area contributed by atoms with Crippen molar-refractivity contribution in [2.45, 2.75) is 19.5 Å². The normalized spacial score (nSPS) is 18.7. The first-order chi connectivity index (χ1) is 11.6. The first kappa shape index (κ1) is 17.1. The Morgan fingerprint density at radius 2 is 1.92 bits per heavy atom. The lowest BCUT2D eigenvalue weighted by Gasteiger charge is -2.34. The van der Waals surface area contributed by atoms with Crippen LogP contribution in [0.5, 0.6) is 0 Å². The maximum atomic E-state index is 12.6. The van der Waals surface area contributed by atoms with E-state index in [0.29, 0.717) is 0 Å². The monoisotopic (exact) mass is 344 g/mol. The highest BCUT2D eigenvalue weighted by Crippen LogP contribution is 2.07. The van der Waals surface area contributed by atoms with Crippen LogP contribution in [0.1, 0.15) is 12.5 Å². The molecule has 1 fully saturated rings. The van der Waals surface area contributed by atoms with Gasteiger partial charge < -0.3 is 9.47 Å². The minimum absolute atomic E-state index is 0.0520. The van der Waals surface area contributed by atoms with E-state index < -0.39 is 0 Å². The van der Waals surface area contributed by atoms with E-state index in [4.69, 9.17) is 0 Å². The second-order valence-corrected chi connectivity index (χ2v) is 7.14. The standard InChI is InChI=1S/C18H24N4OS/c1-15(21-10-8-20(2)9-11-21)17(23)19-18-22(12-13-24-18)14-16-6-4-3-5-7-16/h3-7,12-13,15H,8-11,14H2,1-2H3. The van der Waals surface area contributed by atoms with Crippen LogP contribution in [-0.2, 0) is 11.3 Å². The molecular formula is C18H24N4OS. The van der Waals surface area contributed by atoms with Crippen molar-refractivity contribution < 1.29 is 4.79 Å². The van der Waals surface area contributed by atoms with Gasteiger partial charge in [0.05, 0.1) is 6.04 Å². The Kier molecular flexibility index (Phi) is 5.60. The Labute approximate surface area is 146 Å². The number of carbonyl (C=O) groups is 1. The van der Waals surface area contributed by atoms with Crippen molar-refractivity contribution >= 4 is 17.2 Å². The molecule has 0 radical (unpaired) electrons. The van der Waals surface area contributed by atoms with Crippen LogP contribution >= 0.6 is 11.3 Å². The van der Waals surface area contributed by atoms with Crippen molar-refractivity contribution in [3.63, 3.8) is 0 Å². The summed E-state index contributed by atoms with van der Waals surface area (Å²) < 4.78 is 2.04. The second kappa shape index (κ2) is 7.88. The predicted octanol–water partition coefficient (Wildman–Crippen LogP) is 1.66. The van der Waals surface area contributed by atoms with Crippen LogP contribution < -0.4 is 4.80 Å². The van der Waals surface area contributed by atoms with Crippen LogP contribution in [0, 0.1) is 0 Å². The van der Waals surface area contributed by atoms with Gasteiger partial charge in [-0.3, -0.25) is 9.69 Å². The predicted molar refractivity (Wildman–Crippen MR) is 97.0 cm³/mol. The first-order valence-electron chi connectivity index (χ1n) is 8.32. The fourth-order valence-corrected chi connectivity index (χ4v) is 3.57. The lowest BCUT2D eigenvalue weighted by Crippen LogP contribution is -2.50. The molecule has 0 N–H and O–H groups in total. The summed E-state index contributed by atoms with van der Waals surface area (Å²) in [6.45, 7) is 6.56. The fourth-order valence-electron chi connectivity index (χ4n) is 2.84. The zero-order chi connectivity index (χ0) is 16.9. The molecule has 1 aliphatic rings. The highest BCUT2D eigenvalue weighted by atomic mass is 32.1. The SMILES string of the molecule is CC(C(=O)N=c1sccn1Cc1ccccc1)N1CCN(C)CC1. The molecule has 2 heterocycles. The molecule has 2 aromatic rings. The highest BCUT2D eigenvalue weighted by Gasteiger charge is 2.24. The Hall–Kier alpha value is -1.76. The molecule has 1 aromatic heterocycles. The number of thiazole rings is 1. The summed E-state index contributed by atoms with van der Waals surface area (Å²) in [6.07, 6.45) is 1.99. The van der Waals surface area contributed by atoms with Crippen LogP contribution in [0.3, 0.4) is 0 Å². The van der Waals surface area contributed by atoms with Crippen LogP contribution in [0.25, 0.3) is 0 Å². The summed E-state index contributed by atoms with van der Waals surface area (Å²) in [5.41, 5.74) is 1.21. The van der Waals surface area contributed by atoms with E-state index in [-0.39, 0.29) is 11.9 Å². The number of hydrogen-bond donors (Lipinski definition) is 0. The molecule has 1 unspecified atom stereocenters. The van der Waals surface area contributed by atoms with Crippen LogP contribution in [0.15, 0.2) is 46.9 Å². The maximum Gasteiger partial charge on any atom is 0.265 e. The molecule has 1 atom stereocenters. The van der Waals surface area contributed by atoms with Gasteiger partial charge >= 0.3 is 0 Å². The second-order valence-electron chi connectivity index (χ2n) is 6.26. The molecule has 3 rings (SSSR count). The molecule has 1 aromatic carbocycles. The van der Waals surface area contributed by atoms with Crippen molar-refractivity contribution in [2.24, 2.45) is 4.99 Å². The Bertz CT molecular complexity index is 729. The molecule has 5 nitrogen and oxygen atoms in total. The Morgan fingerprint density at radius 1 is 1.21 bits per heavy atom. The van der Waals surface area contributed by atoms with Gasteiger partial charge in [0.15, 0.2) is 4.80 Å². The summed E-state index contributed by atoms with van der Waals surface area (Å²) in [4.78, 5) is 22.2. The zero-order valence-electron chi connectivity index (χ0n) is 14.3. The van der Waals surface area contributed by atoms with Gasteiger partial charge in [-0.25, -0.2) is 0 Å². The molecule has 24 heavy (non-hydrogen) atoms. The van der Waals surface area contributed by atoms with Gasteiger partial charge in [-0.2, -0.15) is 4.99 Å². The minimum Gasteiger partial charge on any atom is -0.319 e. The van der Waals surface area contributed by atoms with Gasteiger partial charge in [-0.15, -0.1) is 11.3 Å². The maximum absolute atomic E-state index is 12.6. The number of aromatic nitrogens is 1. The molecule has 1 saturated heterocycles. The molecular weight excluding hydrogens is 320 g/mol. The number of likely N-dealkylation sites (N-methyl/N-ethyl adjacent to an activating group) is 1. The summed E-state index contributed by atoms with van der Waals surface area (Å²) in [5, 5.41) is 1.98. The number of amides is 1. The molecule has 0 bridgehead atoms. The van der Waals surface area contributed by atoms with Gasteiger partial charge in [0.2, 0.25) is 0 Å². The topological polar surface area (TPSA) is 40.8 Å². The van der Waals surface area contributed by atoms with Crippen molar-refractivity contribution in [2.75, 3.05) is 33.2 Å². The Balaban J connectivity index is 1.72. The fraction of sp³-hybridized carbons (Fsp3) is 0.444. The lowest BCUT2D eigenvalue weighted by molar-refractivity contribution is -0.123. The average molecular weight is 344 g/mol. The van der Waals surface area contributed by atoms with E-state index in [2.05, 4.69) is 34.0 Å². The summed E-state index contributed by atoms with van der Waals surface area (Å²) in [6, 6.07) is 10.1. The largest absolute Gasteiger partial charge is 0.319 e. The first-order valence-corrected chi connectivity index (χ1v) is 9.20. The van der Waals surface area contributed by atoms with E-state index in [1.165, 1.54) is 16.9 Å². The molecule has 0 aliphatic carbocycles. The van der Waals surface area contributed by atoms with Gasteiger partial charge in [0.1, 0.15) is 0 Å². The van der Waals surface area contributed by atoms with Crippen LogP contribution in [0.2, 0.25) is 0 Å². The summed E-state index contributed by atoms with van der Waals surface area (Å²) >= 11 is 1.51. The number of rotatable bonds is 4. The van der Waals surface area contributed by atoms with Gasteiger partial charge in [0.25, 0.3) is 5.91 Å². The number of nitrogens with zero attached hydrogens (tertiary/aromatic N) is 4. The zero-order valence-corrected chi connectivity index (χ0v) is 15.1. The van der Waals surface area contributed by atoms with Gasteiger partial charge in [-0.1, -0.05) is 30.3 Å². The highest BCUT2D eigenvalue weighted by molar-refractivity contribution is 7.07. The average Bonchev–Trinajstić information content (AvgIpc) is 3.02. The summed E-state index contributed by atoms with van der Waals surface area (Å²) in [7, 11) is 2.12. The van der Waals surface area contributed by atoms with E-state index >= 15 is 0 Å². The van der Waals surface area contributed by atoms with Crippen molar-refractivity contribution in [1.82, 2.24) is 14.4 Å². The van der Waals surface area contributed by atoms with Gasteiger partial charge in [-0.05, 0) is 19.5 Å². The smallest absolute Gasteiger partial charge is 0.265 e. The number of hydrogen-bond acceptors (Lipinski definition) is 4. The molecule has 0 saturated carbocycles. The summed E-state index contributed by atoms with van der Waals surface area (Å²) in [5.74, 6) is -0.0520. The van der Waals surface area contributed by atoms with Gasteiger partial charge in [0, 0.05) is 44.3 Å². The van der Waals surface area contributed by atoms with E-state index in [0.717, 1.165) is 37.5 Å². The molecule has 0 spiro atoms. The number of piperazine rings is 1. The molecule has 128 valence electrons. The number of carbonyl (C=O) groups excluding carboxylic acids is 1. The van der Waals surface area contributed by atoms with E-state index in [1.807, 2.05) is 41.3 Å². The molecule has 1 amide bonds. The van der Waals surface area contributed by atoms with E-state index in [1.54, 1.807) is 0 Å². The van der Waals surface area contributed by atoms with Crippen molar-refractivity contribution in [3.05, 3.63) is 52.3 Å². The number of benzene rings is 1. The van der Waals surface area contributed by atoms with Crippen molar-refractivity contribution in [3.8, 4) is 0 Å². The van der Waals surface area contributed by atoms with Crippen molar-refractivity contribution in [1.29, 1.82) is 0 Å².